The van der Waals surface area contributed by atoms with Gasteiger partial charge in [-0.1, -0.05) is 38.5 Å². The molecule has 5 heteroatoms. The summed E-state index contributed by atoms with van der Waals surface area (Å²) in [7, 11) is 0. The van der Waals surface area contributed by atoms with Crippen molar-refractivity contribution in [1.29, 1.82) is 0 Å². The van der Waals surface area contributed by atoms with Crippen molar-refractivity contribution in [2.45, 2.75) is 26.7 Å². The molecule has 0 bridgehead atoms. The Morgan fingerprint density at radius 3 is 2.69 bits per heavy atom. The molecule has 3 rings (SSSR count). The Bertz CT molecular complexity index is 725. The fourth-order valence-corrected chi connectivity index (χ4v) is 3.40. The summed E-state index contributed by atoms with van der Waals surface area (Å²) in [5, 5.41) is 0.991. The highest BCUT2D eigenvalue weighted by Crippen LogP contribution is 2.26. The maximum atomic E-state index is 6.12. The molecule has 2 aromatic rings. The number of hydrogen-bond acceptors (Lipinski definition) is 5. The van der Waals surface area contributed by atoms with E-state index in [-0.39, 0.29) is 0 Å². The lowest BCUT2D eigenvalue weighted by Crippen LogP contribution is -2.46. The van der Waals surface area contributed by atoms with E-state index in [1.54, 1.807) is 0 Å². The molecule has 0 N–H and O–H groups in total. The third-order valence-electron chi connectivity index (χ3n) is 4.88. The largest absolute Gasteiger partial charge is 0.477 e. The zero-order valence-corrected chi connectivity index (χ0v) is 16.0. The molecule has 0 amide bonds. The Hall–Kier alpha value is -2.14. The Kier molecular flexibility index (Phi) is 6.45. The molecule has 1 unspecified atom stereocenters. The second-order valence-corrected chi connectivity index (χ2v) is 7.13. The molecule has 0 spiro atoms. The van der Waals surface area contributed by atoms with Crippen LogP contribution in [0.5, 0.6) is 5.88 Å². The molecule has 1 atom stereocenters. The van der Waals surface area contributed by atoms with Gasteiger partial charge in [0.15, 0.2) is 0 Å². The normalized spacial score (nSPS) is 16.6. The lowest BCUT2D eigenvalue weighted by Gasteiger charge is -2.34. The minimum atomic E-state index is 0.527. The molecule has 0 aliphatic carbocycles. The zero-order chi connectivity index (χ0) is 18.4. The third kappa shape index (κ3) is 4.52. The molecular weight excluding hydrogens is 324 g/mol. The van der Waals surface area contributed by atoms with Gasteiger partial charge in [0.05, 0.1) is 17.5 Å². The van der Waals surface area contributed by atoms with Gasteiger partial charge in [0.2, 0.25) is 11.8 Å². The molecule has 5 nitrogen and oxygen atoms in total. The van der Waals surface area contributed by atoms with E-state index in [0.29, 0.717) is 18.4 Å². The van der Waals surface area contributed by atoms with Crippen molar-refractivity contribution in [3.8, 4) is 5.88 Å². The predicted octanol–water partition coefficient (Wildman–Crippen LogP) is 3.75. The SMILES string of the molecule is C=CCN1CCN(c2nc(OCC(C)CCC)c3ccccc3n2)CC1. The molecule has 1 aromatic heterocycles. The third-order valence-corrected chi connectivity index (χ3v) is 4.88. The Labute approximate surface area is 156 Å². The van der Waals surface area contributed by atoms with Crippen LogP contribution in [0.2, 0.25) is 0 Å². The highest BCUT2D eigenvalue weighted by atomic mass is 16.5. The van der Waals surface area contributed by atoms with E-state index in [1.807, 2.05) is 30.3 Å². The van der Waals surface area contributed by atoms with Gasteiger partial charge in [0.1, 0.15) is 0 Å². The van der Waals surface area contributed by atoms with Crippen LogP contribution in [0.1, 0.15) is 26.7 Å². The number of ether oxygens (including phenoxy) is 1. The predicted molar refractivity (Wildman–Crippen MR) is 108 cm³/mol. The van der Waals surface area contributed by atoms with Crippen LogP contribution in [-0.4, -0.2) is 54.2 Å². The molecule has 0 saturated carbocycles. The van der Waals surface area contributed by atoms with E-state index in [0.717, 1.165) is 49.6 Å². The molecule has 2 heterocycles. The van der Waals surface area contributed by atoms with Crippen LogP contribution in [0.3, 0.4) is 0 Å². The van der Waals surface area contributed by atoms with Crippen LogP contribution >= 0.6 is 0 Å². The van der Waals surface area contributed by atoms with Crippen LogP contribution in [0.25, 0.3) is 10.9 Å². The molecule has 140 valence electrons. The number of nitrogens with zero attached hydrogens (tertiary/aromatic N) is 4. The smallest absolute Gasteiger partial charge is 0.229 e. The summed E-state index contributed by atoms with van der Waals surface area (Å²) >= 11 is 0. The van der Waals surface area contributed by atoms with Gasteiger partial charge in [-0.2, -0.15) is 4.98 Å². The molecule has 0 radical (unpaired) electrons. The second kappa shape index (κ2) is 8.99. The van der Waals surface area contributed by atoms with Crippen LogP contribution in [0.15, 0.2) is 36.9 Å². The summed E-state index contributed by atoms with van der Waals surface area (Å²) in [5.74, 6) is 2.02. The number of para-hydroxylation sites is 1. The minimum absolute atomic E-state index is 0.527. The molecule has 1 fully saturated rings. The first kappa shape index (κ1) is 18.6. The van der Waals surface area contributed by atoms with Crippen molar-refractivity contribution in [2.24, 2.45) is 5.92 Å². The first-order valence-corrected chi connectivity index (χ1v) is 9.69. The number of benzene rings is 1. The fraction of sp³-hybridized carbons (Fsp3) is 0.524. The van der Waals surface area contributed by atoms with Crippen molar-refractivity contribution in [1.82, 2.24) is 14.9 Å². The topological polar surface area (TPSA) is 41.5 Å². The lowest BCUT2D eigenvalue weighted by molar-refractivity contribution is 0.245. The highest BCUT2D eigenvalue weighted by Gasteiger charge is 2.20. The zero-order valence-electron chi connectivity index (χ0n) is 16.0. The fourth-order valence-electron chi connectivity index (χ4n) is 3.40. The average Bonchev–Trinajstić information content (AvgIpc) is 2.67. The molecule has 1 aliphatic rings. The summed E-state index contributed by atoms with van der Waals surface area (Å²) < 4.78 is 6.12. The monoisotopic (exact) mass is 354 g/mol. The second-order valence-electron chi connectivity index (χ2n) is 7.13. The van der Waals surface area contributed by atoms with E-state index in [2.05, 4.69) is 30.2 Å². The lowest BCUT2D eigenvalue weighted by atomic mass is 10.1. The van der Waals surface area contributed by atoms with Gasteiger partial charge in [-0.15, -0.1) is 6.58 Å². The van der Waals surface area contributed by atoms with E-state index < -0.39 is 0 Å². The summed E-state index contributed by atoms with van der Waals surface area (Å²) in [6.45, 7) is 13.8. The first-order chi connectivity index (χ1) is 12.7. The van der Waals surface area contributed by atoms with E-state index in [4.69, 9.17) is 14.7 Å². The molecule has 1 aromatic carbocycles. The van der Waals surface area contributed by atoms with Crippen LogP contribution < -0.4 is 9.64 Å². The van der Waals surface area contributed by atoms with Gasteiger partial charge in [-0.05, 0) is 24.5 Å². The molecule has 26 heavy (non-hydrogen) atoms. The highest BCUT2D eigenvalue weighted by molar-refractivity contribution is 5.84. The van der Waals surface area contributed by atoms with E-state index in [1.165, 1.54) is 12.8 Å². The Balaban J connectivity index is 1.79. The molecular formula is C21H30N4O. The van der Waals surface area contributed by atoms with Crippen molar-refractivity contribution in [2.75, 3.05) is 44.2 Å². The van der Waals surface area contributed by atoms with Crippen LogP contribution in [0, 0.1) is 5.92 Å². The number of piperazine rings is 1. The number of hydrogen-bond donors (Lipinski definition) is 0. The summed E-state index contributed by atoms with van der Waals surface area (Å²) in [6.07, 6.45) is 4.31. The average molecular weight is 354 g/mol. The van der Waals surface area contributed by atoms with Gasteiger partial charge >= 0.3 is 0 Å². The first-order valence-electron chi connectivity index (χ1n) is 9.69. The Morgan fingerprint density at radius 2 is 1.96 bits per heavy atom. The maximum Gasteiger partial charge on any atom is 0.229 e. The maximum absolute atomic E-state index is 6.12. The van der Waals surface area contributed by atoms with Crippen LogP contribution in [-0.2, 0) is 0 Å². The molecule has 1 aliphatic heterocycles. The Morgan fingerprint density at radius 1 is 1.19 bits per heavy atom. The van der Waals surface area contributed by atoms with Crippen molar-refractivity contribution >= 4 is 16.9 Å². The summed E-state index contributed by atoms with van der Waals surface area (Å²) in [6, 6.07) is 8.12. The van der Waals surface area contributed by atoms with Crippen molar-refractivity contribution < 1.29 is 4.74 Å². The minimum Gasteiger partial charge on any atom is -0.477 e. The van der Waals surface area contributed by atoms with Gasteiger partial charge in [0.25, 0.3) is 0 Å². The number of anilines is 1. The van der Waals surface area contributed by atoms with E-state index >= 15 is 0 Å². The van der Waals surface area contributed by atoms with Gasteiger partial charge in [-0.3, -0.25) is 4.90 Å². The number of rotatable bonds is 8. The van der Waals surface area contributed by atoms with Crippen molar-refractivity contribution in [3.05, 3.63) is 36.9 Å². The van der Waals surface area contributed by atoms with Crippen LogP contribution in [0.4, 0.5) is 5.95 Å². The standard InChI is InChI=1S/C21H30N4O/c1-4-8-17(3)16-26-20-18-9-6-7-10-19(18)22-21(23-20)25-14-12-24(11-5-2)13-15-25/h5-7,9-10,17H,2,4,8,11-16H2,1,3H3. The number of fused-ring (bicyclic) bond motifs is 1. The van der Waals surface area contributed by atoms with Gasteiger partial charge < -0.3 is 9.64 Å². The number of aromatic nitrogens is 2. The quantitative estimate of drug-likeness (QED) is 0.675. The molecule has 1 saturated heterocycles. The van der Waals surface area contributed by atoms with E-state index in [9.17, 15) is 0 Å². The van der Waals surface area contributed by atoms with Gasteiger partial charge in [-0.25, -0.2) is 4.98 Å². The van der Waals surface area contributed by atoms with Crippen molar-refractivity contribution in [3.63, 3.8) is 0 Å². The summed E-state index contributed by atoms with van der Waals surface area (Å²) in [5.41, 5.74) is 0.948. The van der Waals surface area contributed by atoms with Gasteiger partial charge in [0, 0.05) is 32.7 Å². The summed E-state index contributed by atoms with van der Waals surface area (Å²) in [4.78, 5) is 14.2.